The first kappa shape index (κ1) is 17.3. The highest BCUT2D eigenvalue weighted by Crippen LogP contribution is 2.39. The number of hydrogen-bond acceptors (Lipinski definition) is 5. The summed E-state index contributed by atoms with van der Waals surface area (Å²) in [6.07, 6.45) is 3.49. The van der Waals surface area contributed by atoms with Gasteiger partial charge in [0, 0.05) is 19.0 Å². The number of hydrogen-bond donors (Lipinski definition) is 1. The fraction of sp³-hybridized carbons (Fsp3) is 0.368. The van der Waals surface area contributed by atoms with Crippen LogP contribution in [0.1, 0.15) is 31.9 Å². The zero-order valence-corrected chi connectivity index (χ0v) is 15.5. The molecule has 0 unspecified atom stereocenters. The molecule has 0 fully saturated rings. The number of carbonyl (C=O) groups excluding carboxylic acids is 1. The van der Waals surface area contributed by atoms with Crippen LogP contribution in [0, 0.1) is 0 Å². The maximum Gasteiger partial charge on any atom is 0.264 e. The molecule has 1 aliphatic rings. The molecule has 27 heavy (non-hydrogen) atoms. The van der Waals surface area contributed by atoms with Crippen molar-refractivity contribution in [2.24, 2.45) is 7.05 Å². The Labute approximate surface area is 155 Å². The second kappa shape index (κ2) is 6.22. The van der Waals surface area contributed by atoms with Crippen LogP contribution in [0.15, 0.2) is 41.6 Å². The molecule has 1 aromatic carbocycles. The van der Waals surface area contributed by atoms with Crippen molar-refractivity contribution < 1.29 is 9.53 Å². The molecule has 0 spiro atoms. The van der Waals surface area contributed by atoms with Crippen LogP contribution in [-0.4, -0.2) is 30.8 Å². The molecule has 2 aromatic heterocycles. The minimum atomic E-state index is -0.390. The topological polar surface area (TPSA) is 91.0 Å². The third-order valence-electron chi connectivity index (χ3n) is 4.74. The SMILES string of the molecule is Cn1ncc2c(=O)n(CC(=O)N[C@@H]3CC(C)(C)Oc4ccccc43)cnc21. The largest absolute Gasteiger partial charge is 0.487 e. The smallest absolute Gasteiger partial charge is 0.264 e. The Hall–Kier alpha value is -3.16. The Bertz CT molecular complexity index is 1080. The molecule has 0 saturated heterocycles. The standard InChI is InChI=1S/C19H21N5O3/c1-19(2)8-14(12-6-4-5-7-15(12)27-19)22-16(25)10-24-11-20-17-13(18(24)26)9-21-23(17)3/h4-7,9,11,14H,8,10H2,1-3H3,(H,22,25)/t14-/m1/s1. The summed E-state index contributed by atoms with van der Waals surface area (Å²) in [5, 5.41) is 7.46. The summed E-state index contributed by atoms with van der Waals surface area (Å²) in [5.74, 6) is 0.523. The highest BCUT2D eigenvalue weighted by Gasteiger charge is 2.34. The molecule has 140 valence electrons. The van der Waals surface area contributed by atoms with Gasteiger partial charge in [-0.2, -0.15) is 5.10 Å². The van der Waals surface area contributed by atoms with Crippen molar-refractivity contribution in [2.75, 3.05) is 0 Å². The van der Waals surface area contributed by atoms with Crippen LogP contribution >= 0.6 is 0 Å². The summed E-state index contributed by atoms with van der Waals surface area (Å²) >= 11 is 0. The molecule has 0 aliphatic carbocycles. The van der Waals surface area contributed by atoms with Crippen LogP contribution in [0.4, 0.5) is 0 Å². The molecular weight excluding hydrogens is 346 g/mol. The molecule has 3 aromatic rings. The van der Waals surface area contributed by atoms with Crippen LogP contribution in [0.25, 0.3) is 11.0 Å². The number of para-hydroxylation sites is 1. The lowest BCUT2D eigenvalue weighted by Crippen LogP contribution is -2.42. The zero-order valence-electron chi connectivity index (χ0n) is 15.5. The van der Waals surface area contributed by atoms with Crippen molar-refractivity contribution >= 4 is 16.9 Å². The van der Waals surface area contributed by atoms with E-state index in [2.05, 4.69) is 15.4 Å². The minimum absolute atomic E-state index is 0.101. The maximum absolute atomic E-state index is 12.6. The summed E-state index contributed by atoms with van der Waals surface area (Å²) in [6, 6.07) is 7.51. The molecule has 1 atom stereocenters. The van der Waals surface area contributed by atoms with E-state index in [0.717, 1.165) is 11.3 Å². The number of ether oxygens (including phenoxy) is 1. The summed E-state index contributed by atoms with van der Waals surface area (Å²) in [6.45, 7) is 3.89. The molecular formula is C19H21N5O3. The third-order valence-corrected chi connectivity index (χ3v) is 4.74. The normalized spacial score (nSPS) is 18.0. The van der Waals surface area contributed by atoms with E-state index in [1.165, 1.54) is 21.8 Å². The van der Waals surface area contributed by atoms with E-state index in [4.69, 9.17) is 4.74 Å². The molecule has 1 amide bonds. The van der Waals surface area contributed by atoms with Gasteiger partial charge in [-0.1, -0.05) is 18.2 Å². The highest BCUT2D eigenvalue weighted by molar-refractivity contribution is 5.77. The number of amides is 1. The summed E-state index contributed by atoms with van der Waals surface area (Å²) in [4.78, 5) is 29.4. The molecule has 1 aliphatic heterocycles. The lowest BCUT2D eigenvalue weighted by molar-refractivity contribution is -0.123. The Morgan fingerprint density at radius 2 is 2.15 bits per heavy atom. The van der Waals surface area contributed by atoms with Crippen molar-refractivity contribution in [3.63, 3.8) is 0 Å². The molecule has 0 bridgehead atoms. The van der Waals surface area contributed by atoms with E-state index in [1.807, 2.05) is 38.1 Å². The molecule has 0 radical (unpaired) electrons. The van der Waals surface area contributed by atoms with Crippen LogP contribution in [0.5, 0.6) is 5.75 Å². The number of nitrogens with one attached hydrogen (secondary N) is 1. The van der Waals surface area contributed by atoms with Crippen molar-refractivity contribution in [3.8, 4) is 5.75 Å². The van der Waals surface area contributed by atoms with Gasteiger partial charge in [-0.15, -0.1) is 0 Å². The maximum atomic E-state index is 12.6. The Morgan fingerprint density at radius 1 is 1.37 bits per heavy atom. The van der Waals surface area contributed by atoms with Crippen LogP contribution in [0.2, 0.25) is 0 Å². The average molecular weight is 367 g/mol. The van der Waals surface area contributed by atoms with Crippen LogP contribution < -0.4 is 15.6 Å². The molecule has 3 heterocycles. The van der Waals surface area contributed by atoms with Gasteiger partial charge in [0.15, 0.2) is 5.65 Å². The van der Waals surface area contributed by atoms with Crippen LogP contribution in [-0.2, 0) is 18.4 Å². The van der Waals surface area contributed by atoms with Gasteiger partial charge in [-0.3, -0.25) is 18.8 Å². The first-order valence-corrected chi connectivity index (χ1v) is 8.78. The summed E-state index contributed by atoms with van der Waals surface area (Å²) in [7, 11) is 1.72. The van der Waals surface area contributed by atoms with Gasteiger partial charge in [0.2, 0.25) is 5.91 Å². The number of nitrogens with zero attached hydrogens (tertiary/aromatic N) is 4. The van der Waals surface area contributed by atoms with E-state index in [-0.39, 0.29) is 29.7 Å². The Kier molecular flexibility index (Phi) is 3.98. The second-order valence-corrected chi connectivity index (χ2v) is 7.41. The monoisotopic (exact) mass is 367 g/mol. The fourth-order valence-electron chi connectivity index (χ4n) is 3.50. The fourth-order valence-corrected chi connectivity index (χ4v) is 3.50. The quantitative estimate of drug-likeness (QED) is 0.758. The number of aromatic nitrogens is 4. The average Bonchev–Trinajstić information content (AvgIpc) is 2.98. The minimum Gasteiger partial charge on any atom is -0.487 e. The van der Waals surface area contributed by atoms with Gasteiger partial charge in [-0.25, -0.2) is 4.98 Å². The summed E-state index contributed by atoms with van der Waals surface area (Å²) in [5.41, 5.74) is 0.769. The number of aryl methyl sites for hydroxylation is 1. The van der Waals surface area contributed by atoms with E-state index in [1.54, 1.807) is 7.05 Å². The molecule has 8 heteroatoms. The van der Waals surface area contributed by atoms with Gasteiger partial charge in [0.1, 0.15) is 29.6 Å². The third kappa shape index (κ3) is 3.18. The predicted molar refractivity (Wildman–Crippen MR) is 99.4 cm³/mol. The molecule has 1 N–H and O–H groups in total. The molecule has 8 nitrogen and oxygen atoms in total. The van der Waals surface area contributed by atoms with Crippen molar-refractivity contribution in [1.82, 2.24) is 24.6 Å². The molecule has 0 saturated carbocycles. The molecule has 4 rings (SSSR count). The predicted octanol–water partition coefficient (Wildman–Crippen LogP) is 1.55. The first-order valence-electron chi connectivity index (χ1n) is 8.78. The van der Waals surface area contributed by atoms with Gasteiger partial charge in [0.25, 0.3) is 5.56 Å². The van der Waals surface area contributed by atoms with Crippen LogP contribution in [0.3, 0.4) is 0 Å². The van der Waals surface area contributed by atoms with Gasteiger partial charge in [-0.05, 0) is 19.9 Å². The van der Waals surface area contributed by atoms with Crippen molar-refractivity contribution in [2.45, 2.75) is 38.5 Å². The zero-order chi connectivity index (χ0) is 19.2. The Morgan fingerprint density at radius 3 is 2.96 bits per heavy atom. The van der Waals surface area contributed by atoms with Crippen molar-refractivity contribution in [3.05, 3.63) is 52.7 Å². The van der Waals surface area contributed by atoms with E-state index >= 15 is 0 Å². The number of carbonyl (C=O) groups is 1. The lowest BCUT2D eigenvalue weighted by Gasteiger charge is -2.37. The Balaban J connectivity index is 1.57. The number of benzene rings is 1. The van der Waals surface area contributed by atoms with Gasteiger partial charge < -0.3 is 10.1 Å². The number of rotatable bonds is 3. The van der Waals surface area contributed by atoms with Gasteiger partial charge in [0.05, 0.1) is 12.2 Å². The summed E-state index contributed by atoms with van der Waals surface area (Å²) < 4.78 is 8.82. The first-order chi connectivity index (χ1) is 12.8. The number of fused-ring (bicyclic) bond motifs is 2. The van der Waals surface area contributed by atoms with Crippen molar-refractivity contribution in [1.29, 1.82) is 0 Å². The lowest BCUT2D eigenvalue weighted by atomic mass is 9.89. The van der Waals surface area contributed by atoms with E-state index < -0.39 is 0 Å². The second-order valence-electron chi connectivity index (χ2n) is 7.41. The highest BCUT2D eigenvalue weighted by atomic mass is 16.5. The van der Waals surface area contributed by atoms with Gasteiger partial charge >= 0.3 is 0 Å². The van der Waals surface area contributed by atoms with E-state index in [9.17, 15) is 9.59 Å². The van der Waals surface area contributed by atoms with E-state index in [0.29, 0.717) is 17.5 Å².